The van der Waals surface area contributed by atoms with Crippen LogP contribution in [-0.4, -0.2) is 4.83 Å². The fourth-order valence-electron chi connectivity index (χ4n) is 1.73. The first-order valence-corrected chi connectivity index (χ1v) is 5.63. The summed E-state index contributed by atoms with van der Waals surface area (Å²) in [5.41, 5.74) is 0.641. The van der Waals surface area contributed by atoms with E-state index in [9.17, 15) is 0 Å². The lowest BCUT2D eigenvalue weighted by Crippen LogP contribution is -2.05. The minimum atomic E-state index is 0.641. The Balaban J connectivity index is 2.17. The Labute approximate surface area is 78.9 Å². The van der Waals surface area contributed by atoms with Gasteiger partial charge >= 0.3 is 0 Å². The molecule has 0 bridgehead atoms. The molecular weight excluding hydrogens is 200 g/mol. The third-order valence-electron chi connectivity index (χ3n) is 2.86. The van der Waals surface area contributed by atoms with Crippen LogP contribution in [0.3, 0.4) is 0 Å². The zero-order valence-corrected chi connectivity index (χ0v) is 9.45. The van der Waals surface area contributed by atoms with Crippen molar-refractivity contribution in [3.05, 3.63) is 0 Å². The molecule has 0 nitrogen and oxygen atoms in total. The Morgan fingerprint density at radius 3 is 2.45 bits per heavy atom. The summed E-state index contributed by atoms with van der Waals surface area (Å²) in [5, 5.41) is 0. The molecule has 66 valence electrons. The molecule has 0 aromatic carbocycles. The van der Waals surface area contributed by atoms with Crippen LogP contribution in [0.4, 0.5) is 0 Å². The third kappa shape index (κ3) is 2.47. The second-order valence-corrected chi connectivity index (χ2v) is 5.63. The van der Waals surface area contributed by atoms with Gasteiger partial charge in [-0.25, -0.2) is 0 Å². The van der Waals surface area contributed by atoms with Gasteiger partial charge in [0.15, 0.2) is 0 Å². The van der Waals surface area contributed by atoms with Gasteiger partial charge in [-0.3, -0.25) is 0 Å². The van der Waals surface area contributed by atoms with Crippen LogP contribution in [0, 0.1) is 11.3 Å². The highest BCUT2D eigenvalue weighted by molar-refractivity contribution is 9.09. The van der Waals surface area contributed by atoms with E-state index in [0.717, 1.165) is 10.7 Å². The summed E-state index contributed by atoms with van der Waals surface area (Å²) in [6, 6.07) is 0. The van der Waals surface area contributed by atoms with Gasteiger partial charge in [-0.2, -0.15) is 0 Å². The van der Waals surface area contributed by atoms with Gasteiger partial charge in [0, 0.05) is 4.83 Å². The highest BCUT2D eigenvalue weighted by atomic mass is 79.9. The standard InChI is InChI=1S/C10H19Br/c1-4-5-6-9(11)8-7-10(8,2)3/h8-9H,4-7H2,1-3H3. The number of unbranched alkanes of at least 4 members (excludes halogenated alkanes) is 1. The van der Waals surface area contributed by atoms with E-state index in [-0.39, 0.29) is 0 Å². The lowest BCUT2D eigenvalue weighted by molar-refractivity contribution is 0.523. The smallest absolute Gasteiger partial charge is 0.0179 e. The van der Waals surface area contributed by atoms with E-state index in [4.69, 9.17) is 0 Å². The van der Waals surface area contributed by atoms with Crippen LogP contribution in [0.5, 0.6) is 0 Å². The molecule has 1 rings (SSSR count). The fraction of sp³-hybridized carbons (Fsp3) is 1.00. The summed E-state index contributed by atoms with van der Waals surface area (Å²) in [6.07, 6.45) is 5.50. The van der Waals surface area contributed by atoms with E-state index >= 15 is 0 Å². The summed E-state index contributed by atoms with van der Waals surface area (Å²) in [7, 11) is 0. The predicted octanol–water partition coefficient (Wildman–Crippen LogP) is 3.99. The Morgan fingerprint density at radius 1 is 1.55 bits per heavy atom. The lowest BCUT2D eigenvalue weighted by atomic mass is 10.0. The fourth-order valence-corrected chi connectivity index (χ4v) is 2.95. The van der Waals surface area contributed by atoms with Gasteiger partial charge < -0.3 is 0 Å². The van der Waals surface area contributed by atoms with Crippen LogP contribution in [-0.2, 0) is 0 Å². The van der Waals surface area contributed by atoms with Crippen LogP contribution in [0.2, 0.25) is 0 Å². The maximum absolute atomic E-state index is 3.78. The van der Waals surface area contributed by atoms with Gasteiger partial charge in [0.1, 0.15) is 0 Å². The van der Waals surface area contributed by atoms with Gasteiger partial charge in [-0.15, -0.1) is 0 Å². The maximum atomic E-state index is 3.78. The summed E-state index contributed by atoms with van der Waals surface area (Å²) in [6.45, 7) is 7.01. The molecule has 11 heavy (non-hydrogen) atoms. The van der Waals surface area contributed by atoms with Crippen molar-refractivity contribution >= 4 is 15.9 Å². The van der Waals surface area contributed by atoms with Crippen molar-refractivity contribution in [2.24, 2.45) is 11.3 Å². The van der Waals surface area contributed by atoms with Gasteiger partial charge in [0.05, 0.1) is 0 Å². The van der Waals surface area contributed by atoms with Crippen molar-refractivity contribution in [2.45, 2.75) is 51.3 Å². The molecule has 1 fully saturated rings. The van der Waals surface area contributed by atoms with E-state index in [1.165, 1.54) is 25.7 Å². The molecule has 2 unspecified atom stereocenters. The van der Waals surface area contributed by atoms with Gasteiger partial charge in [0.25, 0.3) is 0 Å². The topological polar surface area (TPSA) is 0 Å². The van der Waals surface area contributed by atoms with E-state index in [0.29, 0.717) is 5.41 Å². The summed E-state index contributed by atoms with van der Waals surface area (Å²) in [4.78, 5) is 0.789. The Hall–Kier alpha value is 0.480. The van der Waals surface area contributed by atoms with Crippen molar-refractivity contribution in [1.29, 1.82) is 0 Å². The van der Waals surface area contributed by atoms with Crippen LogP contribution < -0.4 is 0 Å². The molecular formula is C10H19Br. The number of hydrogen-bond acceptors (Lipinski definition) is 0. The normalized spacial score (nSPS) is 30.0. The van der Waals surface area contributed by atoms with Crippen LogP contribution in [0.25, 0.3) is 0 Å². The Bertz CT molecular complexity index is 129. The molecule has 1 aliphatic carbocycles. The van der Waals surface area contributed by atoms with Crippen molar-refractivity contribution < 1.29 is 0 Å². The Morgan fingerprint density at radius 2 is 2.09 bits per heavy atom. The van der Waals surface area contributed by atoms with Crippen molar-refractivity contribution in [3.8, 4) is 0 Å². The first-order valence-electron chi connectivity index (χ1n) is 4.72. The summed E-state index contributed by atoms with van der Waals surface area (Å²) < 4.78 is 0. The molecule has 0 heterocycles. The molecule has 0 aliphatic heterocycles. The molecule has 0 radical (unpaired) electrons. The molecule has 0 saturated heterocycles. The first kappa shape index (κ1) is 9.57. The zero-order chi connectivity index (χ0) is 8.48. The second-order valence-electron chi connectivity index (χ2n) is 4.46. The zero-order valence-electron chi connectivity index (χ0n) is 7.86. The number of alkyl halides is 1. The molecule has 1 saturated carbocycles. The minimum absolute atomic E-state index is 0.641. The molecule has 0 spiro atoms. The third-order valence-corrected chi connectivity index (χ3v) is 3.96. The highest BCUT2D eigenvalue weighted by Gasteiger charge is 2.48. The van der Waals surface area contributed by atoms with Gasteiger partial charge in [-0.1, -0.05) is 49.5 Å². The van der Waals surface area contributed by atoms with E-state index < -0.39 is 0 Å². The monoisotopic (exact) mass is 218 g/mol. The molecule has 0 aromatic heterocycles. The number of rotatable bonds is 4. The van der Waals surface area contributed by atoms with E-state index in [1.807, 2.05) is 0 Å². The number of hydrogen-bond donors (Lipinski definition) is 0. The molecule has 0 N–H and O–H groups in total. The van der Waals surface area contributed by atoms with Crippen LogP contribution >= 0.6 is 15.9 Å². The van der Waals surface area contributed by atoms with Crippen LogP contribution in [0.15, 0.2) is 0 Å². The minimum Gasteiger partial charge on any atom is -0.0887 e. The molecule has 0 aromatic rings. The average Bonchev–Trinajstić information content (AvgIpc) is 2.55. The largest absolute Gasteiger partial charge is 0.0887 e. The van der Waals surface area contributed by atoms with Crippen molar-refractivity contribution in [2.75, 3.05) is 0 Å². The highest BCUT2D eigenvalue weighted by Crippen LogP contribution is 2.56. The van der Waals surface area contributed by atoms with Gasteiger partial charge in [-0.05, 0) is 24.2 Å². The molecule has 2 atom stereocenters. The second kappa shape index (κ2) is 3.47. The SMILES string of the molecule is CCCCC(Br)C1CC1(C)C. The van der Waals surface area contributed by atoms with Crippen LogP contribution in [0.1, 0.15) is 46.5 Å². The van der Waals surface area contributed by atoms with Gasteiger partial charge in [0.2, 0.25) is 0 Å². The Kier molecular flexibility index (Phi) is 3.02. The van der Waals surface area contributed by atoms with E-state index in [2.05, 4.69) is 36.7 Å². The molecule has 1 aliphatic rings. The van der Waals surface area contributed by atoms with Crippen molar-refractivity contribution in [3.63, 3.8) is 0 Å². The first-order chi connectivity index (χ1) is 5.08. The lowest BCUT2D eigenvalue weighted by Gasteiger charge is -2.10. The molecule has 1 heteroatoms. The predicted molar refractivity (Wildman–Crippen MR) is 54.1 cm³/mol. The van der Waals surface area contributed by atoms with E-state index in [1.54, 1.807) is 0 Å². The summed E-state index contributed by atoms with van der Waals surface area (Å²) in [5.74, 6) is 0.953. The van der Waals surface area contributed by atoms with Crippen molar-refractivity contribution in [1.82, 2.24) is 0 Å². The summed E-state index contributed by atoms with van der Waals surface area (Å²) >= 11 is 3.78. The number of halogens is 1. The quantitative estimate of drug-likeness (QED) is 0.627. The molecule has 0 amide bonds. The maximum Gasteiger partial charge on any atom is 0.0179 e. The average molecular weight is 219 g/mol.